The minimum Gasteiger partial charge on any atom is -0.440 e. The monoisotopic (exact) mass is 183 g/mol. The molecule has 0 saturated carbocycles. The van der Waals surface area contributed by atoms with E-state index in [2.05, 4.69) is 23.8 Å². The summed E-state index contributed by atoms with van der Waals surface area (Å²) >= 11 is 0. The molecule has 2 N–H and O–H groups in total. The van der Waals surface area contributed by atoms with Crippen molar-refractivity contribution in [3.8, 4) is 0 Å². The molecule has 1 aliphatic rings. The Hall–Kier alpha value is -0.900. The zero-order valence-electron chi connectivity index (χ0n) is 8.45. The number of nitrogens with zero attached hydrogens (tertiary/aromatic N) is 2. The van der Waals surface area contributed by atoms with Gasteiger partial charge < -0.3 is 4.74 Å². The summed E-state index contributed by atoms with van der Waals surface area (Å²) in [5.41, 5.74) is 5.71. The molecule has 0 radical (unpaired) electrons. The molecule has 0 aliphatic carbocycles. The van der Waals surface area contributed by atoms with Crippen molar-refractivity contribution in [3.63, 3.8) is 0 Å². The Kier molecular flexibility index (Phi) is 3.03. The molecule has 0 saturated heterocycles. The minimum absolute atomic E-state index is 0.356. The summed E-state index contributed by atoms with van der Waals surface area (Å²) in [6, 6.07) is 0. The third-order valence-electron chi connectivity index (χ3n) is 2.15. The molecular weight excluding hydrogens is 166 g/mol. The fraction of sp³-hybridized carbons (Fsp3) is 0.778. The highest BCUT2D eigenvalue weighted by atomic mass is 16.5. The van der Waals surface area contributed by atoms with Crippen LogP contribution in [0.3, 0.4) is 0 Å². The van der Waals surface area contributed by atoms with Crippen molar-refractivity contribution < 1.29 is 4.74 Å². The van der Waals surface area contributed by atoms with Crippen LogP contribution in [0.2, 0.25) is 0 Å². The van der Waals surface area contributed by atoms with E-state index in [1.165, 1.54) is 6.34 Å². The van der Waals surface area contributed by atoms with Crippen LogP contribution in [0, 0.1) is 5.92 Å². The van der Waals surface area contributed by atoms with Gasteiger partial charge in [0.1, 0.15) is 6.34 Å². The van der Waals surface area contributed by atoms with Crippen LogP contribution in [-0.4, -0.2) is 18.1 Å². The lowest BCUT2D eigenvalue weighted by Gasteiger charge is -2.27. The maximum absolute atomic E-state index is 5.71. The summed E-state index contributed by atoms with van der Waals surface area (Å²) in [6.45, 7) is 5.94. The fourth-order valence-corrected chi connectivity index (χ4v) is 1.29. The molecule has 0 fully saturated rings. The van der Waals surface area contributed by atoms with Gasteiger partial charge >= 0.3 is 0 Å². The zero-order valence-corrected chi connectivity index (χ0v) is 8.45. The summed E-state index contributed by atoms with van der Waals surface area (Å²) in [5.74, 6) is 0.138. The van der Waals surface area contributed by atoms with Crippen molar-refractivity contribution >= 4 is 12.2 Å². The molecule has 0 aromatic carbocycles. The van der Waals surface area contributed by atoms with Crippen LogP contribution >= 0.6 is 0 Å². The predicted molar refractivity (Wildman–Crippen MR) is 53.7 cm³/mol. The van der Waals surface area contributed by atoms with E-state index in [-0.39, 0.29) is 0 Å². The smallest absolute Gasteiger partial charge is 0.255 e. The quantitative estimate of drug-likeness (QED) is 0.721. The lowest BCUT2D eigenvalue weighted by molar-refractivity contribution is 0.0785. The fourth-order valence-electron chi connectivity index (χ4n) is 1.29. The number of aliphatic imine (C=N–C) groups is 2. The van der Waals surface area contributed by atoms with E-state index in [4.69, 9.17) is 10.5 Å². The number of hydrogen-bond donors (Lipinski definition) is 1. The Labute approximate surface area is 78.9 Å². The highest BCUT2D eigenvalue weighted by molar-refractivity contribution is 5.87. The Bertz CT molecular complexity index is 229. The molecular formula is C9H17N3O. The number of ether oxygens (including phenoxy) is 1. The van der Waals surface area contributed by atoms with E-state index >= 15 is 0 Å². The van der Waals surface area contributed by atoms with Crippen molar-refractivity contribution in [2.45, 2.75) is 39.5 Å². The third-order valence-corrected chi connectivity index (χ3v) is 2.15. The largest absolute Gasteiger partial charge is 0.440 e. The first kappa shape index (κ1) is 10.2. The average Bonchev–Trinajstić information content (AvgIpc) is 2.05. The molecule has 1 atom stereocenters. The molecule has 13 heavy (non-hydrogen) atoms. The first-order chi connectivity index (χ1) is 6.09. The van der Waals surface area contributed by atoms with Crippen LogP contribution in [0.5, 0.6) is 0 Å². The van der Waals surface area contributed by atoms with Gasteiger partial charge in [0.05, 0.1) is 0 Å². The zero-order chi connectivity index (χ0) is 9.90. The maximum Gasteiger partial charge on any atom is 0.255 e. The first-order valence-corrected chi connectivity index (χ1v) is 4.68. The molecule has 0 aromatic rings. The first-order valence-electron chi connectivity index (χ1n) is 4.68. The SMILES string of the molecule is CCC(CC)C1=NC=NC(C)(N)O1. The van der Waals surface area contributed by atoms with Gasteiger partial charge in [-0.05, 0) is 12.8 Å². The predicted octanol–water partition coefficient (Wildman–Crippen LogP) is 1.51. The molecule has 0 aromatic heterocycles. The molecule has 1 heterocycles. The summed E-state index contributed by atoms with van der Waals surface area (Å²) in [7, 11) is 0. The van der Waals surface area contributed by atoms with Gasteiger partial charge in [0.25, 0.3) is 5.85 Å². The number of rotatable bonds is 3. The van der Waals surface area contributed by atoms with Gasteiger partial charge in [-0.25, -0.2) is 9.98 Å². The van der Waals surface area contributed by atoms with Gasteiger partial charge in [-0.3, -0.25) is 5.73 Å². The highest BCUT2D eigenvalue weighted by Gasteiger charge is 2.26. The Morgan fingerprint density at radius 1 is 1.54 bits per heavy atom. The standard InChI is InChI=1S/C9H17N3O/c1-4-7(5-2)8-11-6-12-9(3,10)13-8/h6-7H,4-5,10H2,1-3H3. The molecule has 4 heteroatoms. The minimum atomic E-state index is -0.931. The third kappa shape index (κ3) is 2.52. The molecule has 0 bridgehead atoms. The number of hydrogen-bond acceptors (Lipinski definition) is 4. The van der Waals surface area contributed by atoms with Crippen molar-refractivity contribution in [1.82, 2.24) is 0 Å². The van der Waals surface area contributed by atoms with Crippen LogP contribution in [0.1, 0.15) is 33.6 Å². The van der Waals surface area contributed by atoms with Crippen molar-refractivity contribution in [2.24, 2.45) is 21.6 Å². The molecule has 0 spiro atoms. The van der Waals surface area contributed by atoms with E-state index < -0.39 is 5.85 Å². The Morgan fingerprint density at radius 2 is 2.15 bits per heavy atom. The second kappa shape index (κ2) is 3.87. The summed E-state index contributed by atoms with van der Waals surface area (Å²) in [6.07, 6.45) is 3.51. The van der Waals surface area contributed by atoms with E-state index in [0.717, 1.165) is 12.8 Å². The van der Waals surface area contributed by atoms with Gasteiger partial charge in [-0.15, -0.1) is 0 Å². The van der Waals surface area contributed by atoms with E-state index in [1.54, 1.807) is 6.92 Å². The summed E-state index contributed by atoms with van der Waals surface area (Å²) < 4.78 is 5.45. The van der Waals surface area contributed by atoms with Crippen LogP contribution in [0.4, 0.5) is 0 Å². The number of nitrogens with two attached hydrogens (primary N) is 1. The second-order valence-electron chi connectivity index (χ2n) is 3.38. The Balaban J connectivity index is 2.71. The van der Waals surface area contributed by atoms with Crippen LogP contribution in [-0.2, 0) is 4.74 Å². The van der Waals surface area contributed by atoms with Crippen molar-refractivity contribution in [1.29, 1.82) is 0 Å². The van der Waals surface area contributed by atoms with Gasteiger partial charge in [-0.1, -0.05) is 13.8 Å². The van der Waals surface area contributed by atoms with Gasteiger partial charge in [-0.2, -0.15) is 0 Å². The van der Waals surface area contributed by atoms with E-state index in [9.17, 15) is 0 Å². The topological polar surface area (TPSA) is 60.0 Å². The lowest BCUT2D eigenvalue weighted by atomic mass is 10.0. The lowest BCUT2D eigenvalue weighted by Crippen LogP contribution is -2.43. The Morgan fingerprint density at radius 3 is 2.62 bits per heavy atom. The molecule has 0 amide bonds. The molecule has 1 aliphatic heterocycles. The molecule has 74 valence electrons. The van der Waals surface area contributed by atoms with E-state index in [1.807, 2.05) is 0 Å². The average molecular weight is 183 g/mol. The summed E-state index contributed by atoms with van der Waals surface area (Å²) in [5, 5.41) is 0. The van der Waals surface area contributed by atoms with Crippen LogP contribution < -0.4 is 5.73 Å². The van der Waals surface area contributed by atoms with Crippen molar-refractivity contribution in [3.05, 3.63) is 0 Å². The highest BCUT2D eigenvalue weighted by Crippen LogP contribution is 2.18. The van der Waals surface area contributed by atoms with Gasteiger partial charge in [0.2, 0.25) is 0 Å². The van der Waals surface area contributed by atoms with E-state index in [0.29, 0.717) is 11.8 Å². The van der Waals surface area contributed by atoms with Gasteiger partial charge in [0.15, 0.2) is 5.90 Å². The molecule has 4 nitrogen and oxygen atoms in total. The normalized spacial score (nSPS) is 27.3. The second-order valence-corrected chi connectivity index (χ2v) is 3.38. The molecule has 1 unspecified atom stereocenters. The molecule has 1 rings (SSSR count). The van der Waals surface area contributed by atoms with Crippen molar-refractivity contribution in [2.75, 3.05) is 0 Å². The van der Waals surface area contributed by atoms with Crippen LogP contribution in [0.15, 0.2) is 9.98 Å². The van der Waals surface area contributed by atoms with Crippen LogP contribution in [0.25, 0.3) is 0 Å². The van der Waals surface area contributed by atoms with Gasteiger partial charge in [0, 0.05) is 12.8 Å². The maximum atomic E-state index is 5.71. The summed E-state index contributed by atoms with van der Waals surface area (Å²) in [4.78, 5) is 8.00.